The monoisotopic (exact) mass is 497 g/mol. The zero-order valence-corrected chi connectivity index (χ0v) is 20.3. The van der Waals surface area contributed by atoms with Crippen LogP contribution in [0.5, 0.6) is 0 Å². The van der Waals surface area contributed by atoms with Crippen molar-refractivity contribution in [3.63, 3.8) is 0 Å². The quantitative estimate of drug-likeness (QED) is 0.307. The molecule has 0 aromatic rings. The first-order valence-electron chi connectivity index (χ1n) is 9.96. The predicted octanol–water partition coefficient (Wildman–Crippen LogP) is 2.90. The summed E-state index contributed by atoms with van der Waals surface area (Å²) in [4.78, 5) is 21.3. The Bertz CT molecular complexity index is 454. The molecule has 1 heterocycles. The van der Waals surface area contributed by atoms with E-state index in [1.54, 1.807) is 0 Å². The van der Waals surface area contributed by atoms with E-state index in [4.69, 9.17) is 9.73 Å². The molecule has 1 unspecified atom stereocenters. The number of nitrogens with one attached hydrogen (secondary N) is 2. The van der Waals surface area contributed by atoms with E-state index in [1.165, 1.54) is 12.8 Å². The Labute approximate surface area is 182 Å². The minimum atomic E-state index is -0.470. The first-order valence-corrected chi connectivity index (χ1v) is 9.96. The second kappa shape index (κ2) is 13.4. The van der Waals surface area contributed by atoms with E-state index in [-0.39, 0.29) is 36.1 Å². The number of rotatable bonds is 8. The maximum atomic E-state index is 11.9. The number of alkyl carbamates (subject to hydrolysis) is 1. The highest BCUT2D eigenvalue weighted by atomic mass is 127. The van der Waals surface area contributed by atoms with Crippen LogP contribution in [0.1, 0.15) is 53.9 Å². The molecule has 0 bridgehead atoms. The molecule has 0 radical (unpaired) electrons. The van der Waals surface area contributed by atoms with E-state index in [2.05, 4.69) is 41.3 Å². The molecule has 1 rings (SSSR count). The number of ether oxygens (including phenoxy) is 1. The highest BCUT2D eigenvalue weighted by Gasteiger charge is 2.27. The van der Waals surface area contributed by atoms with Crippen LogP contribution in [0.4, 0.5) is 4.79 Å². The molecule has 0 aromatic heterocycles. The Balaban J connectivity index is 0.00000676. The average Bonchev–Trinajstić information content (AvgIpc) is 2.98. The highest BCUT2D eigenvalue weighted by molar-refractivity contribution is 14.0. The number of likely N-dealkylation sites (N-methyl/N-ethyl adjacent to an activating group) is 1. The topological polar surface area (TPSA) is 69.2 Å². The van der Waals surface area contributed by atoms with Gasteiger partial charge in [0.1, 0.15) is 5.60 Å². The third-order valence-electron chi connectivity index (χ3n) is 4.18. The molecule has 0 aliphatic carbocycles. The number of halogens is 1. The Hall–Kier alpha value is -0.770. The molecule has 0 aromatic carbocycles. The smallest absolute Gasteiger partial charge is 0.407 e. The fourth-order valence-electron chi connectivity index (χ4n) is 2.84. The van der Waals surface area contributed by atoms with E-state index < -0.39 is 5.60 Å². The number of guanidine groups is 1. The van der Waals surface area contributed by atoms with Crippen LogP contribution in [0, 0.1) is 0 Å². The van der Waals surface area contributed by atoms with Gasteiger partial charge in [-0.2, -0.15) is 0 Å². The van der Waals surface area contributed by atoms with Crippen LogP contribution in [0.15, 0.2) is 4.99 Å². The molecule has 1 aliphatic heterocycles. The van der Waals surface area contributed by atoms with Gasteiger partial charge in [0, 0.05) is 26.2 Å². The standard InChI is InChI=1S/C19H39N5O2.HI/c1-7-9-12-23(6)14-11-21-17(20-8-2)24-13-10-16(15-24)22-18(25)26-19(3,4)5;/h16H,7-15H2,1-6H3,(H,20,21)(H,22,25);1H. The number of carbonyl (C=O) groups excluding carboxylic acids is 1. The van der Waals surface area contributed by atoms with Crippen molar-refractivity contribution in [3.8, 4) is 0 Å². The van der Waals surface area contributed by atoms with Crippen molar-refractivity contribution in [1.29, 1.82) is 0 Å². The first-order chi connectivity index (χ1) is 12.2. The lowest BCUT2D eigenvalue weighted by molar-refractivity contribution is 0.0507. The van der Waals surface area contributed by atoms with Crippen LogP contribution in [-0.2, 0) is 4.74 Å². The average molecular weight is 497 g/mol. The number of hydrogen-bond acceptors (Lipinski definition) is 4. The van der Waals surface area contributed by atoms with E-state index in [9.17, 15) is 4.79 Å². The molecule has 1 fully saturated rings. The molecule has 8 heteroatoms. The molecular weight excluding hydrogens is 457 g/mol. The van der Waals surface area contributed by atoms with Crippen molar-refractivity contribution >= 4 is 36.0 Å². The van der Waals surface area contributed by atoms with E-state index in [0.717, 1.165) is 51.6 Å². The number of likely N-dealkylation sites (tertiary alicyclic amines) is 1. The van der Waals surface area contributed by atoms with Gasteiger partial charge in [-0.1, -0.05) is 13.3 Å². The summed E-state index contributed by atoms with van der Waals surface area (Å²) in [5.41, 5.74) is -0.470. The van der Waals surface area contributed by atoms with Crippen LogP contribution < -0.4 is 10.6 Å². The molecule has 1 aliphatic rings. The second-order valence-corrected chi connectivity index (χ2v) is 7.97. The SMILES string of the molecule is CCCCN(C)CCN=C(NCC)N1CCC(NC(=O)OC(C)(C)C)C1.I. The lowest BCUT2D eigenvalue weighted by atomic mass is 10.2. The summed E-state index contributed by atoms with van der Waals surface area (Å²) in [6.07, 6.45) is 3.00. The highest BCUT2D eigenvalue weighted by Crippen LogP contribution is 2.12. The Morgan fingerprint density at radius 3 is 2.59 bits per heavy atom. The maximum Gasteiger partial charge on any atom is 0.407 e. The van der Waals surface area contributed by atoms with E-state index >= 15 is 0 Å². The van der Waals surface area contributed by atoms with Gasteiger partial charge in [-0.25, -0.2) is 4.79 Å². The Morgan fingerprint density at radius 2 is 2.00 bits per heavy atom. The van der Waals surface area contributed by atoms with E-state index in [0.29, 0.717) is 0 Å². The number of aliphatic imine (C=N–C) groups is 1. The van der Waals surface area contributed by atoms with Gasteiger partial charge < -0.3 is 25.2 Å². The number of hydrogen-bond donors (Lipinski definition) is 2. The zero-order valence-electron chi connectivity index (χ0n) is 18.0. The number of nitrogens with zero attached hydrogens (tertiary/aromatic N) is 3. The zero-order chi connectivity index (χ0) is 19.6. The van der Waals surface area contributed by atoms with Crippen molar-refractivity contribution in [2.24, 2.45) is 4.99 Å². The van der Waals surface area contributed by atoms with Gasteiger partial charge in [0.05, 0.1) is 12.6 Å². The minimum Gasteiger partial charge on any atom is -0.444 e. The van der Waals surface area contributed by atoms with Crippen LogP contribution in [0.2, 0.25) is 0 Å². The lowest BCUT2D eigenvalue weighted by Gasteiger charge is -2.23. The molecule has 7 nitrogen and oxygen atoms in total. The van der Waals surface area contributed by atoms with Gasteiger partial charge in [-0.3, -0.25) is 4.99 Å². The summed E-state index contributed by atoms with van der Waals surface area (Å²) >= 11 is 0. The third-order valence-corrected chi connectivity index (χ3v) is 4.18. The fraction of sp³-hybridized carbons (Fsp3) is 0.895. The lowest BCUT2D eigenvalue weighted by Crippen LogP contribution is -2.44. The van der Waals surface area contributed by atoms with Crippen molar-refractivity contribution in [2.45, 2.75) is 65.5 Å². The maximum absolute atomic E-state index is 11.9. The van der Waals surface area contributed by atoms with Gasteiger partial charge in [0.15, 0.2) is 5.96 Å². The van der Waals surface area contributed by atoms with Crippen LogP contribution in [0.3, 0.4) is 0 Å². The first kappa shape index (κ1) is 26.2. The molecule has 1 atom stereocenters. The minimum absolute atomic E-state index is 0. The summed E-state index contributed by atoms with van der Waals surface area (Å²) in [6, 6.07) is 0.0981. The molecule has 2 N–H and O–H groups in total. The molecule has 1 amide bonds. The molecule has 0 spiro atoms. The van der Waals surface area contributed by atoms with Gasteiger partial charge in [-0.05, 0) is 54.1 Å². The van der Waals surface area contributed by atoms with Crippen LogP contribution in [0.25, 0.3) is 0 Å². The normalized spacial score (nSPS) is 17.7. The number of amides is 1. The summed E-state index contributed by atoms with van der Waals surface area (Å²) in [6.45, 7) is 15.3. The summed E-state index contributed by atoms with van der Waals surface area (Å²) in [5.74, 6) is 0.935. The number of carbonyl (C=O) groups is 1. The Kier molecular flexibility index (Phi) is 13.0. The largest absolute Gasteiger partial charge is 0.444 e. The van der Waals surface area contributed by atoms with Crippen molar-refractivity contribution in [1.82, 2.24) is 20.4 Å². The van der Waals surface area contributed by atoms with Gasteiger partial charge in [-0.15, -0.1) is 24.0 Å². The van der Waals surface area contributed by atoms with Crippen molar-refractivity contribution in [3.05, 3.63) is 0 Å². The van der Waals surface area contributed by atoms with Gasteiger partial charge >= 0.3 is 6.09 Å². The third kappa shape index (κ3) is 11.6. The summed E-state index contributed by atoms with van der Waals surface area (Å²) in [7, 11) is 2.15. The van der Waals surface area contributed by atoms with Crippen molar-refractivity contribution in [2.75, 3.05) is 46.3 Å². The van der Waals surface area contributed by atoms with Crippen LogP contribution in [-0.4, -0.2) is 79.8 Å². The van der Waals surface area contributed by atoms with Crippen molar-refractivity contribution < 1.29 is 9.53 Å². The molecule has 0 saturated carbocycles. The predicted molar refractivity (Wildman–Crippen MR) is 123 cm³/mol. The molecule has 27 heavy (non-hydrogen) atoms. The van der Waals surface area contributed by atoms with Gasteiger partial charge in [0.2, 0.25) is 0 Å². The summed E-state index contributed by atoms with van der Waals surface area (Å²) in [5, 5.41) is 6.33. The number of unbranched alkanes of at least 4 members (excludes halogenated alkanes) is 1. The second-order valence-electron chi connectivity index (χ2n) is 7.97. The molecule has 160 valence electrons. The van der Waals surface area contributed by atoms with Crippen LogP contribution >= 0.6 is 24.0 Å². The molecule has 1 saturated heterocycles. The van der Waals surface area contributed by atoms with Gasteiger partial charge in [0.25, 0.3) is 0 Å². The summed E-state index contributed by atoms with van der Waals surface area (Å²) < 4.78 is 5.35. The Morgan fingerprint density at radius 1 is 1.30 bits per heavy atom. The van der Waals surface area contributed by atoms with E-state index in [1.807, 2.05) is 20.8 Å². The fourth-order valence-corrected chi connectivity index (χ4v) is 2.84. The molecular formula is C19H40IN5O2.